The van der Waals surface area contributed by atoms with Gasteiger partial charge >= 0.3 is 6.18 Å². The van der Waals surface area contributed by atoms with E-state index in [0.29, 0.717) is 12.8 Å². The second-order valence-corrected chi connectivity index (χ2v) is 3.28. The largest absolute Gasteiger partial charge is 0.389 e. The Labute approximate surface area is 80.2 Å². The monoisotopic (exact) mass is 207 g/mol. The number of allylic oxidation sites excluding steroid dienone is 2. The highest BCUT2D eigenvalue weighted by atomic mass is 19.4. The van der Waals surface area contributed by atoms with Crippen LogP contribution in [-0.2, 0) is 4.79 Å². The summed E-state index contributed by atoms with van der Waals surface area (Å²) in [7, 11) is 0. The first-order chi connectivity index (χ1) is 6.47. The van der Waals surface area contributed by atoms with Crippen molar-refractivity contribution in [3.63, 3.8) is 0 Å². The second-order valence-electron chi connectivity index (χ2n) is 3.28. The normalized spacial score (nSPS) is 17.1. The molecule has 2 nitrogen and oxygen atoms in total. The first-order valence-electron chi connectivity index (χ1n) is 4.51. The molecule has 0 aromatic rings. The molecule has 0 aromatic heterocycles. The third kappa shape index (κ3) is 4.30. The lowest BCUT2D eigenvalue weighted by Crippen LogP contribution is -2.16. The molecular weight excluding hydrogens is 195 g/mol. The molecule has 0 radical (unpaired) electrons. The van der Waals surface area contributed by atoms with Crippen LogP contribution in [0.25, 0.3) is 0 Å². The smallest absolute Gasteiger partial charge is 0.388 e. The van der Waals surface area contributed by atoms with Crippen LogP contribution in [0, 0.1) is 0 Å². The molecule has 14 heavy (non-hydrogen) atoms. The highest BCUT2D eigenvalue weighted by Gasteiger charge is 2.25. The predicted octanol–water partition coefficient (Wildman–Crippen LogP) is 2.17. The maximum Gasteiger partial charge on any atom is 0.389 e. The van der Waals surface area contributed by atoms with Crippen LogP contribution in [0.1, 0.15) is 25.7 Å². The number of hydrogen-bond acceptors (Lipinski definition) is 2. The van der Waals surface area contributed by atoms with Crippen LogP contribution >= 0.6 is 0 Å². The molecule has 0 saturated heterocycles. The molecule has 5 heteroatoms. The summed E-state index contributed by atoms with van der Waals surface area (Å²) < 4.78 is 35.2. The molecule has 0 aromatic carbocycles. The topological polar surface area (TPSA) is 29.1 Å². The number of alkyl halides is 3. The second kappa shape index (κ2) is 4.48. The molecule has 0 amide bonds. The van der Waals surface area contributed by atoms with Gasteiger partial charge in [-0.05, 0) is 12.8 Å². The van der Waals surface area contributed by atoms with E-state index >= 15 is 0 Å². The zero-order valence-corrected chi connectivity index (χ0v) is 7.66. The van der Waals surface area contributed by atoms with E-state index in [9.17, 15) is 18.0 Å². The quantitative estimate of drug-likeness (QED) is 0.716. The fourth-order valence-electron chi connectivity index (χ4n) is 1.27. The summed E-state index contributed by atoms with van der Waals surface area (Å²) in [5, 5.41) is 2.82. The maximum atomic E-state index is 11.7. The van der Waals surface area contributed by atoms with Crippen LogP contribution in [0.3, 0.4) is 0 Å². The Balaban J connectivity index is 2.10. The average Bonchev–Trinajstić information content (AvgIpc) is 2.44. The highest BCUT2D eigenvalue weighted by molar-refractivity contribution is 5.92. The molecule has 1 aliphatic carbocycles. The Bertz CT molecular complexity index is 245. The average molecular weight is 207 g/mol. The number of carbonyl (C=O) groups is 1. The van der Waals surface area contributed by atoms with Crippen LogP contribution < -0.4 is 5.32 Å². The van der Waals surface area contributed by atoms with Crippen molar-refractivity contribution in [2.75, 3.05) is 6.54 Å². The molecule has 1 aliphatic rings. The molecular formula is C9H12F3NO. The van der Waals surface area contributed by atoms with Gasteiger partial charge in [0.05, 0.1) is 0 Å². The van der Waals surface area contributed by atoms with E-state index in [1.165, 1.54) is 6.08 Å². The van der Waals surface area contributed by atoms with E-state index < -0.39 is 12.6 Å². The molecule has 0 heterocycles. The summed E-state index contributed by atoms with van der Waals surface area (Å²) in [4.78, 5) is 10.7. The molecule has 0 fully saturated rings. The molecule has 1 rings (SSSR count). The zero-order valence-electron chi connectivity index (χ0n) is 7.66. The van der Waals surface area contributed by atoms with Gasteiger partial charge in [-0.3, -0.25) is 4.79 Å². The van der Waals surface area contributed by atoms with Gasteiger partial charge in [0.25, 0.3) is 0 Å². The van der Waals surface area contributed by atoms with E-state index in [1.54, 1.807) is 0 Å². The van der Waals surface area contributed by atoms with Gasteiger partial charge in [0.15, 0.2) is 5.78 Å². The summed E-state index contributed by atoms with van der Waals surface area (Å²) in [6.07, 6.45) is -2.24. The van der Waals surface area contributed by atoms with E-state index in [-0.39, 0.29) is 18.7 Å². The Morgan fingerprint density at radius 1 is 1.36 bits per heavy atom. The minimum atomic E-state index is -4.08. The fourth-order valence-corrected chi connectivity index (χ4v) is 1.27. The first kappa shape index (κ1) is 11.1. The van der Waals surface area contributed by atoms with Crippen molar-refractivity contribution >= 4 is 5.78 Å². The van der Waals surface area contributed by atoms with Crippen LogP contribution in [0.2, 0.25) is 0 Å². The van der Waals surface area contributed by atoms with Crippen molar-refractivity contribution in [1.82, 2.24) is 5.32 Å². The minimum absolute atomic E-state index is 0.0447. The molecule has 0 aliphatic heterocycles. The van der Waals surface area contributed by atoms with Crippen molar-refractivity contribution in [2.45, 2.75) is 31.9 Å². The van der Waals surface area contributed by atoms with Crippen LogP contribution in [0.5, 0.6) is 0 Å². The lowest BCUT2D eigenvalue weighted by molar-refractivity contribution is -0.135. The predicted molar refractivity (Wildman–Crippen MR) is 45.6 cm³/mol. The Morgan fingerprint density at radius 2 is 2.07 bits per heavy atom. The van der Waals surface area contributed by atoms with Gasteiger partial charge in [-0.2, -0.15) is 13.2 Å². The maximum absolute atomic E-state index is 11.7. The highest BCUT2D eigenvalue weighted by Crippen LogP contribution is 2.21. The summed E-state index contributed by atoms with van der Waals surface area (Å²) in [6, 6.07) is 0. The van der Waals surface area contributed by atoms with Crippen LogP contribution in [-0.4, -0.2) is 18.5 Å². The molecule has 1 N–H and O–H groups in total. The summed E-state index contributed by atoms with van der Waals surface area (Å²) in [5.41, 5.74) is 0.761. The van der Waals surface area contributed by atoms with Gasteiger partial charge in [0, 0.05) is 31.2 Å². The van der Waals surface area contributed by atoms with Crippen molar-refractivity contribution in [2.24, 2.45) is 0 Å². The van der Waals surface area contributed by atoms with Gasteiger partial charge in [0.1, 0.15) is 0 Å². The number of rotatable bonds is 4. The van der Waals surface area contributed by atoms with Crippen LogP contribution in [0.15, 0.2) is 11.8 Å². The summed E-state index contributed by atoms with van der Waals surface area (Å²) >= 11 is 0. The number of ketones is 1. The first-order valence-corrected chi connectivity index (χ1v) is 4.51. The van der Waals surface area contributed by atoms with Crippen LogP contribution in [0.4, 0.5) is 13.2 Å². The number of halogens is 3. The lowest BCUT2D eigenvalue weighted by Gasteiger charge is -2.08. The third-order valence-corrected chi connectivity index (χ3v) is 1.97. The van der Waals surface area contributed by atoms with E-state index in [2.05, 4.69) is 5.32 Å². The molecule has 0 spiro atoms. The number of nitrogens with one attached hydrogen (secondary N) is 1. The van der Waals surface area contributed by atoms with Gasteiger partial charge in [-0.1, -0.05) is 0 Å². The van der Waals surface area contributed by atoms with E-state index in [1.807, 2.05) is 0 Å². The van der Waals surface area contributed by atoms with E-state index in [4.69, 9.17) is 0 Å². The SMILES string of the molecule is O=C1C=C(NCCCC(F)(F)F)CC1. The standard InChI is InChI=1S/C9H12F3NO/c10-9(11,12)4-1-5-13-7-2-3-8(14)6-7/h6,13H,1-5H2. The fraction of sp³-hybridized carbons (Fsp3) is 0.667. The minimum Gasteiger partial charge on any atom is -0.388 e. The van der Waals surface area contributed by atoms with Gasteiger partial charge in [-0.25, -0.2) is 0 Å². The Morgan fingerprint density at radius 3 is 2.57 bits per heavy atom. The molecule has 0 saturated carbocycles. The van der Waals surface area contributed by atoms with Gasteiger partial charge in [-0.15, -0.1) is 0 Å². The molecule has 80 valence electrons. The van der Waals surface area contributed by atoms with Crippen molar-refractivity contribution < 1.29 is 18.0 Å². The van der Waals surface area contributed by atoms with Crippen molar-refractivity contribution in [3.05, 3.63) is 11.8 Å². The van der Waals surface area contributed by atoms with Gasteiger partial charge in [0.2, 0.25) is 0 Å². The van der Waals surface area contributed by atoms with Crippen molar-refractivity contribution in [1.29, 1.82) is 0 Å². The summed E-state index contributed by atoms with van der Waals surface area (Å²) in [5.74, 6) is 0.0447. The van der Waals surface area contributed by atoms with Crippen molar-refractivity contribution in [3.8, 4) is 0 Å². The molecule has 0 bridgehead atoms. The Kier molecular flexibility index (Phi) is 3.55. The molecule has 0 unspecified atom stereocenters. The van der Waals surface area contributed by atoms with Gasteiger partial charge < -0.3 is 5.32 Å². The number of carbonyl (C=O) groups excluding carboxylic acids is 1. The Hall–Kier alpha value is -1.00. The summed E-state index contributed by atoms with van der Waals surface area (Å²) in [6.45, 7) is 0.276. The zero-order chi connectivity index (χ0) is 10.6. The molecule has 0 atom stereocenters. The number of hydrogen-bond donors (Lipinski definition) is 1. The lowest BCUT2D eigenvalue weighted by atomic mass is 10.3. The third-order valence-electron chi connectivity index (χ3n) is 1.97. The van der Waals surface area contributed by atoms with E-state index in [0.717, 1.165) is 5.70 Å².